The summed E-state index contributed by atoms with van der Waals surface area (Å²) in [4.78, 5) is 14.8. The standard InChI is InChI=1S/C23H27N5O2/c1-23(2,3)30-22(29)27-16-19(18-12-8-5-9-13-18)14-20(27)21-24-25-26-28(21)15-17-10-6-4-7-11-17/h4-13,19-20H,14-16H2,1-3H3/t19?,20-/m0/s1. The number of rotatable bonds is 4. The minimum absolute atomic E-state index is 0.200. The molecule has 0 bridgehead atoms. The zero-order valence-corrected chi connectivity index (χ0v) is 17.6. The molecular formula is C23H27N5O2. The van der Waals surface area contributed by atoms with E-state index in [2.05, 4.69) is 27.7 Å². The maximum atomic E-state index is 13.0. The molecule has 1 aliphatic rings. The summed E-state index contributed by atoms with van der Waals surface area (Å²) in [6.07, 6.45) is 0.415. The van der Waals surface area contributed by atoms with Crippen molar-refractivity contribution in [3.8, 4) is 0 Å². The second kappa shape index (κ2) is 8.26. The van der Waals surface area contributed by atoms with Crippen LogP contribution in [0.2, 0.25) is 0 Å². The first-order valence-electron chi connectivity index (χ1n) is 10.3. The van der Waals surface area contributed by atoms with Crippen molar-refractivity contribution in [3.63, 3.8) is 0 Å². The molecule has 0 radical (unpaired) electrons. The smallest absolute Gasteiger partial charge is 0.410 e. The Balaban J connectivity index is 1.63. The van der Waals surface area contributed by atoms with Gasteiger partial charge in [0.2, 0.25) is 0 Å². The van der Waals surface area contributed by atoms with Gasteiger partial charge in [-0.15, -0.1) is 5.10 Å². The molecule has 0 spiro atoms. The van der Waals surface area contributed by atoms with Gasteiger partial charge in [-0.1, -0.05) is 60.7 Å². The third-order valence-corrected chi connectivity index (χ3v) is 5.23. The maximum Gasteiger partial charge on any atom is 0.410 e. The van der Waals surface area contributed by atoms with E-state index in [0.717, 1.165) is 12.0 Å². The molecule has 1 amide bonds. The van der Waals surface area contributed by atoms with E-state index >= 15 is 0 Å². The molecule has 2 aromatic carbocycles. The van der Waals surface area contributed by atoms with Crippen LogP contribution < -0.4 is 0 Å². The van der Waals surface area contributed by atoms with Crippen molar-refractivity contribution in [2.45, 2.75) is 51.3 Å². The molecule has 0 N–H and O–H groups in total. The maximum absolute atomic E-state index is 13.0. The van der Waals surface area contributed by atoms with Gasteiger partial charge in [0, 0.05) is 12.5 Å². The van der Waals surface area contributed by atoms with Gasteiger partial charge in [-0.25, -0.2) is 9.48 Å². The van der Waals surface area contributed by atoms with E-state index in [1.54, 1.807) is 9.58 Å². The molecule has 0 aliphatic carbocycles. The molecule has 30 heavy (non-hydrogen) atoms. The van der Waals surface area contributed by atoms with E-state index in [1.165, 1.54) is 5.56 Å². The molecular weight excluding hydrogens is 378 g/mol. The Labute approximate surface area is 176 Å². The largest absolute Gasteiger partial charge is 0.444 e. The summed E-state index contributed by atoms with van der Waals surface area (Å²) in [7, 11) is 0. The van der Waals surface area contributed by atoms with Crippen LogP contribution in [0.15, 0.2) is 60.7 Å². The predicted molar refractivity (Wildman–Crippen MR) is 113 cm³/mol. The summed E-state index contributed by atoms with van der Waals surface area (Å²) in [5.74, 6) is 0.883. The molecule has 156 valence electrons. The molecule has 1 saturated heterocycles. The van der Waals surface area contributed by atoms with Crippen molar-refractivity contribution >= 4 is 6.09 Å². The average Bonchev–Trinajstić information content (AvgIpc) is 3.35. The molecule has 0 saturated carbocycles. The quantitative estimate of drug-likeness (QED) is 0.651. The van der Waals surface area contributed by atoms with Crippen LogP contribution in [0.3, 0.4) is 0 Å². The first kappa shape index (κ1) is 20.1. The Morgan fingerprint density at radius 1 is 1.07 bits per heavy atom. The monoisotopic (exact) mass is 405 g/mol. The molecule has 1 aliphatic heterocycles. The minimum atomic E-state index is -0.567. The lowest BCUT2D eigenvalue weighted by molar-refractivity contribution is 0.0213. The highest BCUT2D eigenvalue weighted by molar-refractivity contribution is 5.69. The molecule has 1 aromatic heterocycles. The fourth-order valence-corrected chi connectivity index (χ4v) is 3.89. The van der Waals surface area contributed by atoms with Gasteiger partial charge in [0.1, 0.15) is 5.60 Å². The number of nitrogens with zero attached hydrogens (tertiary/aromatic N) is 5. The minimum Gasteiger partial charge on any atom is -0.444 e. The van der Waals surface area contributed by atoms with E-state index in [0.29, 0.717) is 18.9 Å². The molecule has 2 atom stereocenters. The highest BCUT2D eigenvalue weighted by atomic mass is 16.6. The molecule has 1 fully saturated rings. The van der Waals surface area contributed by atoms with Crippen LogP contribution in [0.1, 0.15) is 56.1 Å². The Morgan fingerprint density at radius 2 is 1.73 bits per heavy atom. The van der Waals surface area contributed by atoms with Gasteiger partial charge in [-0.3, -0.25) is 4.90 Å². The van der Waals surface area contributed by atoms with E-state index in [9.17, 15) is 4.79 Å². The molecule has 7 nitrogen and oxygen atoms in total. The first-order valence-corrected chi connectivity index (χ1v) is 10.3. The predicted octanol–water partition coefficient (Wildman–Crippen LogP) is 4.19. The number of ether oxygens (including phenoxy) is 1. The van der Waals surface area contributed by atoms with Gasteiger partial charge in [-0.2, -0.15) is 0 Å². The second-order valence-corrected chi connectivity index (χ2v) is 8.67. The van der Waals surface area contributed by atoms with Crippen molar-refractivity contribution in [2.75, 3.05) is 6.54 Å². The number of likely N-dealkylation sites (tertiary alicyclic amines) is 1. The van der Waals surface area contributed by atoms with Crippen LogP contribution in [0.5, 0.6) is 0 Å². The van der Waals surface area contributed by atoms with Gasteiger partial charge in [0.05, 0.1) is 12.6 Å². The molecule has 3 aromatic rings. The number of carbonyl (C=O) groups is 1. The van der Waals surface area contributed by atoms with E-state index in [4.69, 9.17) is 4.74 Å². The Bertz CT molecular complexity index is 982. The molecule has 7 heteroatoms. The molecule has 4 rings (SSSR count). The van der Waals surface area contributed by atoms with Crippen LogP contribution in [-0.2, 0) is 11.3 Å². The number of hydrogen-bond acceptors (Lipinski definition) is 5. The summed E-state index contributed by atoms with van der Waals surface area (Å²) in [6, 6.07) is 20.1. The third kappa shape index (κ3) is 4.50. The zero-order chi connectivity index (χ0) is 21.1. The van der Waals surface area contributed by atoms with Gasteiger partial charge in [-0.05, 0) is 48.7 Å². The van der Waals surface area contributed by atoms with Crippen LogP contribution in [0.25, 0.3) is 0 Å². The fraction of sp³-hybridized carbons (Fsp3) is 0.391. The van der Waals surface area contributed by atoms with Gasteiger partial charge in [0.25, 0.3) is 0 Å². The number of carbonyl (C=O) groups excluding carboxylic acids is 1. The highest BCUT2D eigenvalue weighted by Gasteiger charge is 2.41. The number of aromatic nitrogens is 4. The van der Waals surface area contributed by atoms with Crippen LogP contribution in [-0.4, -0.2) is 43.3 Å². The Hall–Kier alpha value is -3.22. The summed E-state index contributed by atoms with van der Waals surface area (Å²) in [5.41, 5.74) is 1.74. The summed E-state index contributed by atoms with van der Waals surface area (Å²) in [6.45, 7) is 6.76. The number of amides is 1. The molecule has 1 unspecified atom stereocenters. The number of tetrazole rings is 1. The second-order valence-electron chi connectivity index (χ2n) is 8.67. The average molecular weight is 406 g/mol. The molecule has 2 heterocycles. The van der Waals surface area contributed by atoms with Crippen LogP contribution in [0.4, 0.5) is 4.79 Å². The topological polar surface area (TPSA) is 73.1 Å². The highest BCUT2D eigenvalue weighted by Crippen LogP contribution is 2.40. The lowest BCUT2D eigenvalue weighted by Crippen LogP contribution is -2.37. The van der Waals surface area contributed by atoms with Gasteiger partial charge in [0.15, 0.2) is 5.82 Å². The lowest BCUT2D eigenvalue weighted by atomic mass is 9.96. The van der Waals surface area contributed by atoms with Crippen LogP contribution in [0, 0.1) is 0 Å². The van der Waals surface area contributed by atoms with E-state index in [1.807, 2.05) is 69.3 Å². The summed E-state index contributed by atoms with van der Waals surface area (Å²) < 4.78 is 7.48. The SMILES string of the molecule is CC(C)(C)OC(=O)N1CC(c2ccccc2)C[C@H]1c1nnnn1Cc1ccccc1. The lowest BCUT2D eigenvalue weighted by Gasteiger charge is -2.28. The first-order chi connectivity index (χ1) is 14.4. The number of benzene rings is 2. The number of hydrogen-bond donors (Lipinski definition) is 0. The van der Waals surface area contributed by atoms with Gasteiger partial charge >= 0.3 is 6.09 Å². The third-order valence-electron chi connectivity index (χ3n) is 5.23. The zero-order valence-electron chi connectivity index (χ0n) is 17.6. The van der Waals surface area contributed by atoms with Gasteiger partial charge < -0.3 is 4.74 Å². The van der Waals surface area contributed by atoms with Crippen molar-refractivity contribution in [2.24, 2.45) is 0 Å². The normalized spacial score (nSPS) is 19.1. The van der Waals surface area contributed by atoms with Crippen molar-refractivity contribution in [3.05, 3.63) is 77.6 Å². The van der Waals surface area contributed by atoms with Crippen molar-refractivity contribution < 1.29 is 9.53 Å². The Morgan fingerprint density at radius 3 is 2.40 bits per heavy atom. The Kier molecular flexibility index (Phi) is 5.53. The van der Waals surface area contributed by atoms with Crippen LogP contribution >= 0.6 is 0 Å². The van der Waals surface area contributed by atoms with E-state index < -0.39 is 5.60 Å². The summed E-state index contributed by atoms with van der Waals surface area (Å²) in [5, 5.41) is 12.4. The van der Waals surface area contributed by atoms with Crippen molar-refractivity contribution in [1.29, 1.82) is 0 Å². The summed E-state index contributed by atoms with van der Waals surface area (Å²) >= 11 is 0. The fourth-order valence-electron chi connectivity index (χ4n) is 3.89. The van der Waals surface area contributed by atoms with E-state index in [-0.39, 0.29) is 18.1 Å². The van der Waals surface area contributed by atoms with Crippen molar-refractivity contribution in [1.82, 2.24) is 25.1 Å².